The first-order chi connectivity index (χ1) is 15.6. The lowest BCUT2D eigenvalue weighted by Gasteiger charge is -2.13. The molecule has 0 amide bonds. The summed E-state index contributed by atoms with van der Waals surface area (Å²) in [4.78, 5) is 17.2. The second-order valence-corrected chi connectivity index (χ2v) is 7.68. The molecular formula is C25H22F4N2O2. The molecule has 4 nitrogen and oxygen atoms in total. The smallest absolute Gasteiger partial charge is 0.198 e. The number of nitrogen functional groups attached to an aromatic ring is 1. The zero-order valence-corrected chi connectivity index (χ0v) is 18.0. The monoisotopic (exact) mass is 458 g/mol. The number of aliphatic hydroxyl groups is 1. The Labute approximate surface area is 188 Å². The minimum Gasteiger partial charge on any atom is -0.506 e. The molecule has 3 aromatic rings. The van der Waals surface area contributed by atoms with E-state index in [0.717, 1.165) is 17.0 Å². The van der Waals surface area contributed by atoms with Crippen molar-refractivity contribution in [3.05, 3.63) is 76.9 Å². The molecule has 3 aromatic carbocycles. The maximum atomic E-state index is 14.3. The van der Waals surface area contributed by atoms with Crippen LogP contribution in [-0.4, -0.2) is 17.1 Å². The van der Waals surface area contributed by atoms with Gasteiger partial charge in [0.05, 0.1) is 22.5 Å². The third kappa shape index (κ3) is 4.89. The number of benzene rings is 3. The van der Waals surface area contributed by atoms with Crippen molar-refractivity contribution in [3.63, 3.8) is 0 Å². The van der Waals surface area contributed by atoms with Crippen LogP contribution < -0.4 is 5.73 Å². The first kappa shape index (κ1) is 24.0. The van der Waals surface area contributed by atoms with E-state index in [0.29, 0.717) is 18.9 Å². The average Bonchev–Trinajstić information content (AvgIpc) is 2.80. The lowest BCUT2D eigenvalue weighted by atomic mass is 9.93. The molecule has 0 heterocycles. The maximum Gasteiger partial charge on any atom is 0.198 e. The Kier molecular flexibility index (Phi) is 7.16. The van der Waals surface area contributed by atoms with Gasteiger partial charge in [0.15, 0.2) is 29.1 Å². The van der Waals surface area contributed by atoms with E-state index in [4.69, 9.17) is 5.73 Å². The van der Waals surface area contributed by atoms with Crippen LogP contribution in [-0.2, 0) is 4.79 Å². The molecule has 0 aliphatic carbocycles. The van der Waals surface area contributed by atoms with Crippen LogP contribution in [0.25, 0.3) is 16.5 Å². The second kappa shape index (κ2) is 9.85. The molecule has 3 rings (SSSR count). The minimum absolute atomic E-state index is 0.270. The van der Waals surface area contributed by atoms with Crippen LogP contribution in [0.1, 0.15) is 32.3 Å². The lowest BCUT2D eigenvalue weighted by Crippen LogP contribution is -2.17. The van der Waals surface area contributed by atoms with Crippen LogP contribution in [0, 0.1) is 29.2 Å². The number of allylic oxidation sites excluding steroid dienone is 1. The van der Waals surface area contributed by atoms with E-state index in [1.54, 1.807) is 19.1 Å². The van der Waals surface area contributed by atoms with Gasteiger partial charge in [-0.05, 0) is 35.4 Å². The molecule has 1 atom stereocenters. The molecule has 0 saturated carbocycles. The minimum atomic E-state index is -2.10. The highest BCUT2D eigenvalue weighted by Gasteiger charge is 2.26. The zero-order valence-electron chi connectivity index (χ0n) is 18.0. The number of hydrogen-bond donors (Lipinski definition) is 2. The molecule has 0 fully saturated rings. The molecule has 0 bridgehead atoms. The van der Waals surface area contributed by atoms with Crippen molar-refractivity contribution in [2.45, 2.75) is 26.7 Å². The molecule has 172 valence electrons. The number of carbonyl (C=O) groups is 1. The molecule has 0 spiro atoms. The number of Topliss-reactive ketones (excluding diaryl/α,β-unsaturated/α-hetero) is 1. The van der Waals surface area contributed by atoms with E-state index in [2.05, 4.69) is 4.99 Å². The van der Waals surface area contributed by atoms with E-state index in [1.807, 2.05) is 31.2 Å². The summed E-state index contributed by atoms with van der Waals surface area (Å²) in [5.41, 5.74) is 5.13. The summed E-state index contributed by atoms with van der Waals surface area (Å²) in [6.45, 7) is 3.45. The van der Waals surface area contributed by atoms with E-state index in [1.165, 1.54) is 0 Å². The Balaban J connectivity index is 2.17. The Hall–Kier alpha value is -3.68. The van der Waals surface area contributed by atoms with Crippen molar-refractivity contribution in [2.24, 2.45) is 10.9 Å². The van der Waals surface area contributed by atoms with Gasteiger partial charge < -0.3 is 10.8 Å². The summed E-state index contributed by atoms with van der Waals surface area (Å²) in [7, 11) is 0. The van der Waals surface area contributed by atoms with Crippen LogP contribution in [0.3, 0.4) is 0 Å². The van der Waals surface area contributed by atoms with E-state index < -0.39 is 51.9 Å². The second-order valence-electron chi connectivity index (χ2n) is 7.68. The number of hydrogen-bond acceptors (Lipinski definition) is 4. The standard InChI is InChI=1S/C25H22F4N2O2/c1-3-6-13(2)24(32)17(25(33)16-11-18(26)22(28)23(29)21(16)27)12-31-20-10-15-8-5-4-7-14(15)9-19(20)30/h4-5,7-13,33H,3,6,30H2,1-2H3/b25-17-,31-12?. The Morgan fingerprint density at radius 2 is 1.70 bits per heavy atom. The summed E-state index contributed by atoms with van der Waals surface area (Å²) >= 11 is 0. The van der Waals surface area contributed by atoms with Gasteiger partial charge in [-0.2, -0.15) is 0 Å². The summed E-state index contributed by atoms with van der Waals surface area (Å²) in [6, 6.07) is 11.0. The molecule has 0 aliphatic heterocycles. The van der Waals surface area contributed by atoms with Crippen LogP contribution in [0.4, 0.5) is 28.9 Å². The van der Waals surface area contributed by atoms with Gasteiger partial charge >= 0.3 is 0 Å². The number of anilines is 1. The number of nitrogens with zero attached hydrogens (tertiary/aromatic N) is 1. The predicted molar refractivity (Wildman–Crippen MR) is 121 cm³/mol. The van der Waals surface area contributed by atoms with E-state index in [9.17, 15) is 27.5 Å². The normalized spacial score (nSPS) is 13.4. The number of carbonyl (C=O) groups excluding carboxylic acids is 1. The van der Waals surface area contributed by atoms with Crippen LogP contribution >= 0.6 is 0 Å². The lowest BCUT2D eigenvalue weighted by molar-refractivity contribution is -0.118. The Morgan fingerprint density at radius 1 is 1.06 bits per heavy atom. The molecule has 0 saturated heterocycles. The molecule has 0 aliphatic rings. The zero-order chi connectivity index (χ0) is 24.3. The highest BCUT2D eigenvalue weighted by atomic mass is 19.2. The number of halogens is 4. The van der Waals surface area contributed by atoms with Gasteiger partial charge in [0.25, 0.3) is 0 Å². The van der Waals surface area contributed by atoms with Crippen molar-refractivity contribution in [2.75, 3.05) is 5.73 Å². The SMILES string of the molecule is CCCC(C)C(=O)/C(C=Nc1cc2ccccc2cc1N)=C(\O)c1cc(F)c(F)c(F)c1F. The molecule has 0 aromatic heterocycles. The van der Waals surface area contributed by atoms with E-state index >= 15 is 0 Å². The van der Waals surface area contributed by atoms with Crippen LogP contribution in [0.15, 0.2) is 53.0 Å². The number of aliphatic imine (C=N–C) groups is 1. The highest BCUT2D eigenvalue weighted by molar-refractivity contribution is 6.19. The summed E-state index contributed by atoms with van der Waals surface area (Å²) < 4.78 is 55.2. The summed E-state index contributed by atoms with van der Waals surface area (Å²) in [6.07, 6.45) is 2.06. The third-order valence-electron chi connectivity index (χ3n) is 5.28. The van der Waals surface area contributed by atoms with Gasteiger partial charge in [0, 0.05) is 12.1 Å². The molecule has 8 heteroatoms. The molecule has 3 N–H and O–H groups in total. The Bertz CT molecular complexity index is 1290. The number of fused-ring (bicyclic) bond motifs is 1. The first-order valence-corrected chi connectivity index (χ1v) is 10.3. The van der Waals surface area contributed by atoms with Crippen molar-refractivity contribution < 1.29 is 27.5 Å². The summed E-state index contributed by atoms with van der Waals surface area (Å²) in [5, 5.41) is 12.3. The van der Waals surface area contributed by atoms with Crippen molar-refractivity contribution in [1.82, 2.24) is 0 Å². The van der Waals surface area contributed by atoms with Crippen molar-refractivity contribution in [1.29, 1.82) is 0 Å². The largest absolute Gasteiger partial charge is 0.506 e. The number of ketones is 1. The molecular weight excluding hydrogens is 436 g/mol. The predicted octanol–water partition coefficient (Wildman–Crippen LogP) is 6.66. The molecule has 1 unspecified atom stereocenters. The maximum absolute atomic E-state index is 14.3. The Morgan fingerprint density at radius 3 is 2.33 bits per heavy atom. The van der Waals surface area contributed by atoms with Gasteiger partial charge in [-0.3, -0.25) is 9.79 Å². The highest BCUT2D eigenvalue weighted by Crippen LogP contribution is 2.30. The van der Waals surface area contributed by atoms with E-state index in [-0.39, 0.29) is 11.4 Å². The average molecular weight is 458 g/mol. The van der Waals surface area contributed by atoms with Crippen molar-refractivity contribution in [3.8, 4) is 0 Å². The molecule has 33 heavy (non-hydrogen) atoms. The van der Waals surface area contributed by atoms with Gasteiger partial charge in [-0.1, -0.05) is 44.5 Å². The fourth-order valence-electron chi connectivity index (χ4n) is 3.45. The van der Waals surface area contributed by atoms with Gasteiger partial charge in [0.1, 0.15) is 5.76 Å². The molecule has 0 radical (unpaired) electrons. The number of aliphatic hydroxyl groups excluding tert-OH is 1. The topological polar surface area (TPSA) is 75.7 Å². The van der Waals surface area contributed by atoms with Gasteiger partial charge in [0.2, 0.25) is 0 Å². The fraction of sp³-hybridized carbons (Fsp3) is 0.200. The third-order valence-corrected chi connectivity index (χ3v) is 5.28. The quantitative estimate of drug-likeness (QED) is 0.0791. The van der Waals surface area contributed by atoms with Crippen LogP contribution in [0.5, 0.6) is 0 Å². The number of nitrogens with two attached hydrogens (primary N) is 1. The summed E-state index contributed by atoms with van der Waals surface area (Å²) in [5.74, 6) is -9.93. The fourth-order valence-corrected chi connectivity index (χ4v) is 3.45. The number of rotatable bonds is 7. The van der Waals surface area contributed by atoms with Gasteiger partial charge in [-0.15, -0.1) is 0 Å². The van der Waals surface area contributed by atoms with Crippen molar-refractivity contribution >= 4 is 39.9 Å². The van der Waals surface area contributed by atoms with Gasteiger partial charge in [-0.25, -0.2) is 17.6 Å². The first-order valence-electron chi connectivity index (χ1n) is 10.3. The van der Waals surface area contributed by atoms with Crippen LogP contribution in [0.2, 0.25) is 0 Å².